The van der Waals surface area contributed by atoms with Crippen LogP contribution in [0.4, 0.5) is 13.2 Å². The second kappa shape index (κ2) is 6.95. The molecule has 0 aliphatic rings. The summed E-state index contributed by atoms with van der Waals surface area (Å²) in [4.78, 5) is 0. The van der Waals surface area contributed by atoms with Gasteiger partial charge in [0.1, 0.15) is 0 Å². The number of rotatable bonds is 6. The molecule has 0 spiro atoms. The van der Waals surface area contributed by atoms with E-state index in [1.54, 1.807) is 0 Å². The van der Waals surface area contributed by atoms with Crippen molar-refractivity contribution >= 4 is 0 Å². The molecular weight excluding hydrogens is 179 g/mol. The normalized spacial score (nSPS) is 12.6. The molecule has 0 bridgehead atoms. The molecule has 0 radical (unpaired) electrons. The van der Waals surface area contributed by atoms with Crippen molar-refractivity contribution in [3.8, 4) is 0 Å². The van der Waals surface area contributed by atoms with Crippen molar-refractivity contribution in [3.05, 3.63) is 12.2 Å². The Morgan fingerprint density at radius 1 is 1.15 bits per heavy atom. The maximum Gasteiger partial charge on any atom is 0.389 e. The van der Waals surface area contributed by atoms with Gasteiger partial charge in [0.2, 0.25) is 0 Å². The predicted molar refractivity (Wildman–Crippen MR) is 47.6 cm³/mol. The molecule has 0 saturated carbocycles. The number of allylic oxidation sites excluding steroid dienone is 1. The van der Waals surface area contributed by atoms with E-state index in [1.165, 1.54) is 0 Å². The maximum absolute atomic E-state index is 11.7. The fraction of sp³-hybridized carbons (Fsp3) is 0.778. The number of halogens is 3. The molecule has 0 atom stereocenters. The monoisotopic (exact) mass is 195 g/mol. The Bertz CT molecular complexity index is 140. The van der Waals surface area contributed by atoms with Gasteiger partial charge in [0, 0.05) is 6.42 Å². The highest BCUT2D eigenvalue weighted by Gasteiger charge is 2.25. The van der Waals surface area contributed by atoms with Gasteiger partial charge in [-0.05, 0) is 32.9 Å². The Morgan fingerprint density at radius 3 is 2.31 bits per heavy atom. The maximum atomic E-state index is 11.7. The topological polar surface area (TPSA) is 12.0 Å². The summed E-state index contributed by atoms with van der Waals surface area (Å²) in [6.07, 6.45) is 0.628. The number of nitrogens with one attached hydrogen (secondary N) is 1. The van der Waals surface area contributed by atoms with E-state index in [0.29, 0.717) is 6.42 Å². The molecular formula is C9H16F3N. The van der Waals surface area contributed by atoms with Gasteiger partial charge in [0.25, 0.3) is 0 Å². The Balaban J connectivity index is 3.20. The van der Waals surface area contributed by atoms with Crippen molar-refractivity contribution in [2.24, 2.45) is 0 Å². The first-order valence-electron chi connectivity index (χ1n) is 4.42. The van der Waals surface area contributed by atoms with Crippen LogP contribution in [0.2, 0.25) is 0 Å². The molecule has 0 heterocycles. The van der Waals surface area contributed by atoms with E-state index < -0.39 is 12.6 Å². The summed E-state index contributed by atoms with van der Waals surface area (Å²) in [5.74, 6) is 0. The van der Waals surface area contributed by atoms with Crippen molar-refractivity contribution in [1.82, 2.24) is 5.32 Å². The van der Waals surface area contributed by atoms with E-state index in [0.717, 1.165) is 13.0 Å². The third-order valence-corrected chi connectivity index (χ3v) is 1.56. The first-order valence-corrected chi connectivity index (χ1v) is 4.42. The Hall–Kier alpha value is -0.510. The Labute approximate surface area is 77.0 Å². The van der Waals surface area contributed by atoms with Crippen LogP contribution in [0.3, 0.4) is 0 Å². The van der Waals surface area contributed by atoms with Gasteiger partial charge in [0.05, 0.1) is 0 Å². The summed E-state index contributed by atoms with van der Waals surface area (Å²) in [5, 5.41) is 2.95. The molecule has 78 valence electrons. The summed E-state index contributed by atoms with van der Waals surface area (Å²) in [5.41, 5.74) is 0. The summed E-state index contributed by atoms with van der Waals surface area (Å²) in [6, 6.07) is 0. The third kappa shape index (κ3) is 11.5. The highest BCUT2D eigenvalue weighted by atomic mass is 19.4. The quantitative estimate of drug-likeness (QED) is 0.507. The van der Waals surface area contributed by atoms with Crippen LogP contribution in [-0.2, 0) is 0 Å². The van der Waals surface area contributed by atoms with E-state index in [2.05, 4.69) is 5.32 Å². The van der Waals surface area contributed by atoms with Crippen molar-refractivity contribution < 1.29 is 13.2 Å². The van der Waals surface area contributed by atoms with Crippen LogP contribution in [0.15, 0.2) is 12.2 Å². The second-order valence-corrected chi connectivity index (χ2v) is 2.87. The molecule has 0 aliphatic heterocycles. The lowest BCUT2D eigenvalue weighted by atomic mass is 10.2. The van der Waals surface area contributed by atoms with E-state index in [-0.39, 0.29) is 6.42 Å². The lowest BCUT2D eigenvalue weighted by Crippen LogP contribution is -2.06. The number of unbranched alkanes of at least 4 members (excludes halogenated alkanes) is 1. The van der Waals surface area contributed by atoms with Crippen LogP contribution in [0, 0.1) is 0 Å². The minimum absolute atomic E-state index is 0.194. The zero-order valence-corrected chi connectivity index (χ0v) is 7.82. The first kappa shape index (κ1) is 12.5. The summed E-state index contributed by atoms with van der Waals surface area (Å²) in [7, 11) is 1.84. The van der Waals surface area contributed by atoms with Gasteiger partial charge in [-0.2, -0.15) is 13.2 Å². The van der Waals surface area contributed by atoms with Gasteiger partial charge < -0.3 is 5.32 Å². The van der Waals surface area contributed by atoms with Crippen LogP contribution in [0.25, 0.3) is 0 Å². The molecule has 0 saturated heterocycles. The largest absolute Gasteiger partial charge is 0.389 e. The van der Waals surface area contributed by atoms with Gasteiger partial charge in [-0.25, -0.2) is 0 Å². The van der Waals surface area contributed by atoms with Gasteiger partial charge in [-0.1, -0.05) is 12.2 Å². The second-order valence-electron chi connectivity index (χ2n) is 2.87. The molecule has 1 N–H and O–H groups in total. The standard InChI is InChI=1S/C9H16F3N/c1-13-8-6-4-2-3-5-7-9(10,11)12/h2,4,13H,3,5-8H2,1H3/b4-2+. The van der Waals surface area contributed by atoms with Gasteiger partial charge in [-0.15, -0.1) is 0 Å². The average molecular weight is 195 g/mol. The SMILES string of the molecule is CNCC/C=C/CCCC(F)(F)F. The average Bonchev–Trinajstić information content (AvgIpc) is 2.01. The molecule has 0 aliphatic carbocycles. The van der Waals surface area contributed by atoms with E-state index >= 15 is 0 Å². The predicted octanol–water partition coefficient (Wildman–Crippen LogP) is 2.88. The third-order valence-electron chi connectivity index (χ3n) is 1.56. The molecule has 0 unspecified atom stereocenters. The van der Waals surface area contributed by atoms with Crippen molar-refractivity contribution in [3.63, 3.8) is 0 Å². The minimum Gasteiger partial charge on any atom is -0.319 e. The Morgan fingerprint density at radius 2 is 1.77 bits per heavy atom. The fourth-order valence-corrected chi connectivity index (χ4v) is 0.884. The summed E-state index contributed by atoms with van der Waals surface area (Å²) < 4.78 is 35.0. The smallest absolute Gasteiger partial charge is 0.319 e. The van der Waals surface area contributed by atoms with E-state index in [4.69, 9.17) is 0 Å². The van der Waals surface area contributed by atoms with Crippen molar-refractivity contribution in [1.29, 1.82) is 0 Å². The number of hydrogen-bond acceptors (Lipinski definition) is 1. The molecule has 0 aromatic carbocycles. The Kier molecular flexibility index (Phi) is 6.68. The summed E-state index contributed by atoms with van der Waals surface area (Å²) in [6.45, 7) is 0.871. The molecule has 0 amide bonds. The molecule has 13 heavy (non-hydrogen) atoms. The summed E-state index contributed by atoms with van der Waals surface area (Å²) >= 11 is 0. The molecule has 0 aromatic rings. The van der Waals surface area contributed by atoms with Gasteiger partial charge in [0.15, 0.2) is 0 Å². The van der Waals surface area contributed by atoms with Gasteiger partial charge in [-0.3, -0.25) is 0 Å². The molecule has 0 aromatic heterocycles. The minimum atomic E-state index is -4.00. The number of alkyl halides is 3. The lowest BCUT2D eigenvalue weighted by molar-refractivity contribution is -0.135. The van der Waals surface area contributed by atoms with E-state index in [1.807, 2.05) is 19.2 Å². The van der Waals surface area contributed by atoms with E-state index in [9.17, 15) is 13.2 Å². The zero-order chi connectivity index (χ0) is 10.2. The molecule has 1 nitrogen and oxygen atoms in total. The molecule has 4 heteroatoms. The lowest BCUT2D eigenvalue weighted by Gasteiger charge is -2.02. The van der Waals surface area contributed by atoms with Crippen LogP contribution in [-0.4, -0.2) is 19.8 Å². The van der Waals surface area contributed by atoms with Crippen LogP contribution >= 0.6 is 0 Å². The van der Waals surface area contributed by atoms with Crippen LogP contribution in [0.1, 0.15) is 25.7 Å². The fourth-order valence-electron chi connectivity index (χ4n) is 0.884. The molecule has 0 fully saturated rings. The van der Waals surface area contributed by atoms with Crippen LogP contribution in [0.5, 0.6) is 0 Å². The molecule has 0 rings (SSSR count). The van der Waals surface area contributed by atoms with Crippen molar-refractivity contribution in [2.75, 3.05) is 13.6 Å². The highest BCUT2D eigenvalue weighted by Crippen LogP contribution is 2.22. The van der Waals surface area contributed by atoms with Crippen molar-refractivity contribution in [2.45, 2.75) is 31.9 Å². The zero-order valence-electron chi connectivity index (χ0n) is 7.82. The van der Waals surface area contributed by atoms with Gasteiger partial charge >= 0.3 is 6.18 Å². The highest BCUT2D eigenvalue weighted by molar-refractivity contribution is 4.82. The first-order chi connectivity index (χ1) is 6.06. The van der Waals surface area contributed by atoms with Crippen LogP contribution < -0.4 is 5.32 Å². The number of hydrogen-bond donors (Lipinski definition) is 1.